The van der Waals surface area contributed by atoms with E-state index in [4.69, 9.17) is 11.6 Å². The molecule has 0 fully saturated rings. The molecule has 114 valence electrons. The van der Waals surface area contributed by atoms with Crippen LogP contribution in [0.5, 0.6) is 0 Å². The van der Waals surface area contributed by atoms with Crippen LogP contribution in [0, 0.1) is 11.6 Å². The summed E-state index contributed by atoms with van der Waals surface area (Å²) < 4.78 is 31.6. The van der Waals surface area contributed by atoms with Crippen LogP contribution >= 0.6 is 11.6 Å². The first kappa shape index (κ1) is 15.9. The Kier molecular flexibility index (Phi) is 4.72. The fourth-order valence-corrected chi connectivity index (χ4v) is 1.97. The van der Waals surface area contributed by atoms with Crippen molar-refractivity contribution in [2.75, 3.05) is 12.4 Å². The van der Waals surface area contributed by atoms with Gasteiger partial charge in [0.15, 0.2) is 0 Å². The van der Waals surface area contributed by atoms with Crippen molar-refractivity contribution < 1.29 is 23.1 Å². The lowest BCUT2D eigenvalue weighted by atomic mass is 10.1. The van der Waals surface area contributed by atoms with E-state index in [0.29, 0.717) is 0 Å². The molecule has 0 aromatic heterocycles. The second-order valence-corrected chi connectivity index (χ2v) is 4.64. The molecule has 0 saturated carbocycles. The maximum atomic E-state index is 13.5. The third-order valence-corrected chi connectivity index (χ3v) is 3.15. The van der Waals surface area contributed by atoms with Crippen LogP contribution in [-0.4, -0.2) is 19.0 Å². The average Bonchev–Trinajstić information content (AvgIpc) is 2.48. The topological polar surface area (TPSA) is 55.4 Å². The van der Waals surface area contributed by atoms with Crippen molar-refractivity contribution in [2.45, 2.75) is 0 Å². The lowest BCUT2D eigenvalue weighted by molar-refractivity contribution is 0.0600. The zero-order chi connectivity index (χ0) is 16.3. The third kappa shape index (κ3) is 3.23. The molecular formula is C15H10ClF2NO3. The molecule has 2 aromatic carbocycles. The van der Waals surface area contributed by atoms with E-state index >= 15 is 0 Å². The summed E-state index contributed by atoms with van der Waals surface area (Å²) in [5.41, 5.74) is -0.537. The Bertz CT molecular complexity index is 729. The second-order valence-electron chi connectivity index (χ2n) is 4.24. The Balaban J connectivity index is 2.31. The van der Waals surface area contributed by atoms with Crippen LogP contribution in [-0.2, 0) is 4.74 Å². The van der Waals surface area contributed by atoms with Crippen LogP contribution in [0.4, 0.5) is 14.5 Å². The Morgan fingerprint density at radius 3 is 2.36 bits per heavy atom. The molecule has 0 saturated heterocycles. The van der Waals surface area contributed by atoms with Crippen LogP contribution < -0.4 is 5.32 Å². The predicted molar refractivity (Wildman–Crippen MR) is 77.1 cm³/mol. The molecule has 4 nitrogen and oxygen atoms in total. The smallest absolute Gasteiger partial charge is 0.339 e. The number of methoxy groups -OCH3 is 1. The van der Waals surface area contributed by atoms with E-state index in [0.717, 1.165) is 18.2 Å². The van der Waals surface area contributed by atoms with E-state index in [2.05, 4.69) is 10.1 Å². The van der Waals surface area contributed by atoms with Crippen LogP contribution in [0.1, 0.15) is 20.7 Å². The maximum Gasteiger partial charge on any atom is 0.339 e. The van der Waals surface area contributed by atoms with Gasteiger partial charge in [-0.1, -0.05) is 17.7 Å². The molecule has 0 unspecified atom stereocenters. The molecule has 7 heteroatoms. The standard InChI is InChI=1S/C15H10ClF2NO3/c1-22-15(21)9-7-8(5-6-10(9)16)19-14(20)13-11(17)3-2-4-12(13)18/h2-7H,1H3,(H,19,20). The van der Waals surface area contributed by atoms with Gasteiger partial charge in [0.25, 0.3) is 5.91 Å². The number of benzene rings is 2. The highest BCUT2D eigenvalue weighted by Gasteiger charge is 2.18. The number of halogens is 3. The minimum atomic E-state index is -0.986. The first-order valence-corrected chi connectivity index (χ1v) is 6.45. The Labute approximate surface area is 129 Å². The number of carbonyl (C=O) groups excluding carboxylic acids is 2. The Hall–Kier alpha value is -2.47. The van der Waals surface area contributed by atoms with Gasteiger partial charge < -0.3 is 10.1 Å². The van der Waals surface area contributed by atoms with Crippen molar-refractivity contribution in [1.82, 2.24) is 0 Å². The van der Waals surface area contributed by atoms with Gasteiger partial charge in [-0.05, 0) is 30.3 Å². The molecule has 0 radical (unpaired) electrons. The summed E-state index contributed by atoms with van der Waals surface area (Å²) in [6.45, 7) is 0. The lowest BCUT2D eigenvalue weighted by Crippen LogP contribution is -2.16. The normalized spacial score (nSPS) is 10.2. The monoisotopic (exact) mass is 325 g/mol. The first-order chi connectivity index (χ1) is 10.4. The number of carbonyl (C=O) groups is 2. The lowest BCUT2D eigenvalue weighted by Gasteiger charge is -2.09. The largest absolute Gasteiger partial charge is 0.465 e. The molecule has 0 bridgehead atoms. The third-order valence-electron chi connectivity index (χ3n) is 2.82. The van der Waals surface area contributed by atoms with Gasteiger partial charge in [-0.2, -0.15) is 0 Å². The van der Waals surface area contributed by atoms with Crippen molar-refractivity contribution in [1.29, 1.82) is 0 Å². The molecular weight excluding hydrogens is 316 g/mol. The summed E-state index contributed by atoms with van der Waals surface area (Å²) in [6, 6.07) is 7.11. The summed E-state index contributed by atoms with van der Waals surface area (Å²) >= 11 is 5.84. The van der Waals surface area contributed by atoms with Crippen LogP contribution in [0.3, 0.4) is 0 Å². The van der Waals surface area contributed by atoms with Gasteiger partial charge in [0.2, 0.25) is 0 Å². The molecule has 0 aliphatic carbocycles. The molecule has 0 spiro atoms. The summed E-state index contributed by atoms with van der Waals surface area (Å²) in [7, 11) is 1.18. The van der Waals surface area contributed by atoms with Gasteiger partial charge in [-0.15, -0.1) is 0 Å². The number of rotatable bonds is 3. The zero-order valence-corrected chi connectivity index (χ0v) is 12.1. The fourth-order valence-electron chi connectivity index (χ4n) is 1.78. The summed E-state index contributed by atoms with van der Waals surface area (Å²) in [5, 5.41) is 2.43. The summed E-state index contributed by atoms with van der Waals surface area (Å²) in [4.78, 5) is 23.5. The Morgan fingerprint density at radius 2 is 1.77 bits per heavy atom. The van der Waals surface area contributed by atoms with Gasteiger partial charge in [0, 0.05) is 5.69 Å². The summed E-state index contributed by atoms with van der Waals surface area (Å²) in [6.07, 6.45) is 0. The molecule has 0 aliphatic rings. The van der Waals surface area contributed by atoms with Gasteiger partial charge in [-0.3, -0.25) is 4.79 Å². The van der Waals surface area contributed by atoms with Crippen LogP contribution in [0.2, 0.25) is 5.02 Å². The first-order valence-electron chi connectivity index (χ1n) is 6.07. The zero-order valence-electron chi connectivity index (χ0n) is 11.3. The van der Waals surface area contributed by atoms with Crippen LogP contribution in [0.25, 0.3) is 0 Å². The van der Waals surface area contributed by atoms with Gasteiger partial charge in [-0.25, -0.2) is 13.6 Å². The van der Waals surface area contributed by atoms with E-state index < -0.39 is 29.1 Å². The molecule has 2 rings (SSSR count). The highest BCUT2D eigenvalue weighted by atomic mass is 35.5. The number of nitrogens with one attached hydrogen (secondary N) is 1. The number of hydrogen-bond donors (Lipinski definition) is 1. The van der Waals surface area contributed by atoms with E-state index in [-0.39, 0.29) is 16.3 Å². The van der Waals surface area contributed by atoms with E-state index in [1.165, 1.54) is 25.3 Å². The number of esters is 1. The minimum absolute atomic E-state index is 0.0240. The van der Waals surface area contributed by atoms with Crippen molar-refractivity contribution >= 4 is 29.2 Å². The second kappa shape index (κ2) is 6.53. The van der Waals surface area contributed by atoms with Gasteiger partial charge >= 0.3 is 5.97 Å². The van der Waals surface area contributed by atoms with Crippen molar-refractivity contribution in [3.05, 3.63) is 64.2 Å². The van der Waals surface area contributed by atoms with Crippen LogP contribution in [0.15, 0.2) is 36.4 Å². The fraction of sp³-hybridized carbons (Fsp3) is 0.0667. The van der Waals surface area contributed by atoms with Crippen molar-refractivity contribution in [3.63, 3.8) is 0 Å². The number of hydrogen-bond acceptors (Lipinski definition) is 3. The highest BCUT2D eigenvalue weighted by Crippen LogP contribution is 2.22. The minimum Gasteiger partial charge on any atom is -0.465 e. The Morgan fingerprint density at radius 1 is 1.14 bits per heavy atom. The molecule has 22 heavy (non-hydrogen) atoms. The predicted octanol–water partition coefficient (Wildman–Crippen LogP) is 3.66. The van der Waals surface area contributed by atoms with E-state index in [1.807, 2.05) is 0 Å². The maximum absolute atomic E-state index is 13.5. The summed E-state index contributed by atoms with van der Waals surface area (Å²) in [5.74, 6) is -3.65. The highest BCUT2D eigenvalue weighted by molar-refractivity contribution is 6.33. The molecule has 1 N–H and O–H groups in total. The average molecular weight is 326 g/mol. The van der Waals surface area contributed by atoms with Gasteiger partial charge in [0.05, 0.1) is 17.7 Å². The SMILES string of the molecule is COC(=O)c1cc(NC(=O)c2c(F)cccc2F)ccc1Cl. The molecule has 1 amide bonds. The number of ether oxygens (including phenoxy) is 1. The quantitative estimate of drug-likeness (QED) is 0.876. The molecule has 0 atom stereocenters. The van der Waals surface area contributed by atoms with Crippen molar-refractivity contribution in [3.8, 4) is 0 Å². The molecule has 2 aromatic rings. The van der Waals surface area contributed by atoms with Gasteiger partial charge in [0.1, 0.15) is 17.2 Å². The van der Waals surface area contributed by atoms with E-state index in [1.54, 1.807) is 0 Å². The van der Waals surface area contributed by atoms with E-state index in [9.17, 15) is 18.4 Å². The molecule has 0 aliphatic heterocycles. The number of amides is 1. The van der Waals surface area contributed by atoms with Crippen molar-refractivity contribution in [2.24, 2.45) is 0 Å². The number of anilines is 1. The molecule has 0 heterocycles.